The minimum Gasteiger partial charge on any atom is -0.459 e. The molecule has 1 aliphatic heterocycles. The molecule has 0 radical (unpaired) electrons. The number of nitrogens with zero attached hydrogens (tertiary/aromatic N) is 1. The fourth-order valence-electron chi connectivity index (χ4n) is 2.78. The first-order valence-electron chi connectivity index (χ1n) is 7.97. The molecule has 0 aliphatic carbocycles. The lowest BCUT2D eigenvalue weighted by molar-refractivity contribution is -0.160. The summed E-state index contributed by atoms with van der Waals surface area (Å²) in [6.45, 7) is 12.0. The van der Waals surface area contributed by atoms with Crippen molar-refractivity contribution in [2.45, 2.75) is 71.9 Å². The van der Waals surface area contributed by atoms with Gasteiger partial charge in [-0.3, -0.25) is 9.69 Å². The first-order valence-corrected chi connectivity index (χ1v) is 7.97. The van der Waals surface area contributed by atoms with Gasteiger partial charge in [0.05, 0.1) is 0 Å². The number of hydrogen-bond donors (Lipinski definition) is 0. The van der Waals surface area contributed by atoms with E-state index in [1.165, 1.54) is 19.3 Å². The van der Waals surface area contributed by atoms with Crippen LogP contribution in [0.25, 0.3) is 0 Å². The van der Waals surface area contributed by atoms with E-state index in [0.717, 1.165) is 19.5 Å². The third kappa shape index (κ3) is 5.66. The summed E-state index contributed by atoms with van der Waals surface area (Å²) >= 11 is 0. The van der Waals surface area contributed by atoms with Crippen LogP contribution in [0.5, 0.6) is 0 Å². The number of likely N-dealkylation sites (tertiary alicyclic amines) is 1. The van der Waals surface area contributed by atoms with Gasteiger partial charge in [-0.25, -0.2) is 0 Å². The molecule has 1 saturated heterocycles. The Morgan fingerprint density at radius 1 is 1.35 bits per heavy atom. The third-order valence-electron chi connectivity index (χ3n) is 3.63. The Morgan fingerprint density at radius 3 is 2.60 bits per heavy atom. The van der Waals surface area contributed by atoms with E-state index >= 15 is 0 Å². The molecule has 1 aliphatic rings. The highest BCUT2D eigenvalue weighted by Crippen LogP contribution is 2.27. The molecule has 2 unspecified atom stereocenters. The number of rotatable bonds is 6. The zero-order valence-electron chi connectivity index (χ0n) is 13.8. The number of ether oxygens (including phenoxy) is 1. The molecule has 3 heteroatoms. The van der Waals surface area contributed by atoms with Gasteiger partial charge in [-0.2, -0.15) is 0 Å². The minimum atomic E-state index is -0.398. The molecule has 1 heterocycles. The summed E-state index contributed by atoms with van der Waals surface area (Å²) in [5, 5.41) is 0. The van der Waals surface area contributed by atoms with Crippen LogP contribution in [-0.4, -0.2) is 35.6 Å². The molecule has 20 heavy (non-hydrogen) atoms. The zero-order chi connectivity index (χ0) is 15.2. The Morgan fingerprint density at radius 2 is 2.05 bits per heavy atom. The predicted molar refractivity (Wildman–Crippen MR) is 83.7 cm³/mol. The smallest absolute Gasteiger partial charge is 0.323 e. The van der Waals surface area contributed by atoms with Gasteiger partial charge in [0.25, 0.3) is 0 Å². The molecule has 3 nitrogen and oxygen atoms in total. The van der Waals surface area contributed by atoms with Crippen molar-refractivity contribution in [1.29, 1.82) is 0 Å². The van der Waals surface area contributed by atoms with E-state index < -0.39 is 5.60 Å². The SMILES string of the molecule is C/C=C/C1CC(C(=O)OC(C)(C)C)N(CCCCC)C1. The highest BCUT2D eigenvalue weighted by atomic mass is 16.6. The molecule has 0 saturated carbocycles. The quantitative estimate of drug-likeness (QED) is 0.421. The van der Waals surface area contributed by atoms with Crippen molar-refractivity contribution in [3.8, 4) is 0 Å². The first kappa shape index (κ1) is 17.2. The molecule has 0 amide bonds. The monoisotopic (exact) mass is 281 g/mol. The van der Waals surface area contributed by atoms with Gasteiger partial charge >= 0.3 is 5.97 Å². The largest absolute Gasteiger partial charge is 0.459 e. The molecule has 1 rings (SSSR count). The van der Waals surface area contributed by atoms with Crippen molar-refractivity contribution in [3.05, 3.63) is 12.2 Å². The van der Waals surface area contributed by atoms with Crippen LogP contribution >= 0.6 is 0 Å². The average Bonchev–Trinajstić information content (AvgIpc) is 2.71. The highest BCUT2D eigenvalue weighted by Gasteiger charge is 2.37. The number of carbonyl (C=O) groups excluding carboxylic acids is 1. The van der Waals surface area contributed by atoms with Crippen molar-refractivity contribution >= 4 is 5.97 Å². The van der Waals surface area contributed by atoms with Crippen molar-refractivity contribution in [2.75, 3.05) is 13.1 Å². The molecule has 0 bridgehead atoms. The predicted octanol–water partition coefficient (Wildman–Crippen LogP) is 3.78. The van der Waals surface area contributed by atoms with Gasteiger partial charge in [-0.05, 0) is 53.0 Å². The standard InChI is InChI=1S/C17H31NO2/c1-6-8-9-11-18-13-14(10-7-2)12-15(18)16(19)20-17(3,4)5/h7,10,14-15H,6,8-9,11-13H2,1-5H3/b10-7+. The summed E-state index contributed by atoms with van der Waals surface area (Å²) in [5.41, 5.74) is -0.398. The molecule has 116 valence electrons. The van der Waals surface area contributed by atoms with Gasteiger partial charge in [0, 0.05) is 6.54 Å². The number of carbonyl (C=O) groups is 1. The number of hydrogen-bond acceptors (Lipinski definition) is 3. The van der Waals surface area contributed by atoms with E-state index in [4.69, 9.17) is 4.74 Å². The van der Waals surface area contributed by atoms with E-state index in [9.17, 15) is 4.79 Å². The fourth-order valence-corrected chi connectivity index (χ4v) is 2.78. The number of allylic oxidation sites excluding steroid dienone is 1. The van der Waals surface area contributed by atoms with Gasteiger partial charge in [0.15, 0.2) is 0 Å². The maximum absolute atomic E-state index is 12.4. The van der Waals surface area contributed by atoms with Crippen LogP contribution in [0.3, 0.4) is 0 Å². The van der Waals surface area contributed by atoms with Crippen LogP contribution in [0.2, 0.25) is 0 Å². The molecular weight excluding hydrogens is 250 g/mol. The molecule has 0 aromatic heterocycles. The Balaban J connectivity index is 2.64. The molecule has 2 atom stereocenters. The van der Waals surface area contributed by atoms with Gasteiger partial charge in [-0.15, -0.1) is 0 Å². The summed E-state index contributed by atoms with van der Waals surface area (Å²) in [5.74, 6) is 0.431. The van der Waals surface area contributed by atoms with Gasteiger partial charge in [-0.1, -0.05) is 31.9 Å². The third-order valence-corrected chi connectivity index (χ3v) is 3.63. The lowest BCUT2D eigenvalue weighted by atomic mass is 10.1. The average molecular weight is 281 g/mol. The summed E-state index contributed by atoms with van der Waals surface area (Å²) in [7, 11) is 0. The zero-order valence-corrected chi connectivity index (χ0v) is 13.8. The number of unbranched alkanes of at least 4 members (excludes halogenated alkanes) is 2. The van der Waals surface area contributed by atoms with E-state index in [0.29, 0.717) is 5.92 Å². The Kier molecular flexibility index (Phi) is 6.74. The van der Waals surface area contributed by atoms with Gasteiger partial charge < -0.3 is 4.74 Å². The molecular formula is C17H31NO2. The summed E-state index contributed by atoms with van der Waals surface area (Å²) in [6.07, 6.45) is 8.81. The van der Waals surface area contributed by atoms with Crippen molar-refractivity contribution in [2.24, 2.45) is 5.92 Å². The lowest BCUT2D eigenvalue weighted by Gasteiger charge is -2.27. The highest BCUT2D eigenvalue weighted by molar-refractivity contribution is 5.76. The second kappa shape index (κ2) is 7.82. The minimum absolute atomic E-state index is 0.0546. The number of esters is 1. The summed E-state index contributed by atoms with van der Waals surface area (Å²) < 4.78 is 5.58. The van der Waals surface area contributed by atoms with E-state index in [2.05, 4.69) is 24.0 Å². The topological polar surface area (TPSA) is 29.5 Å². The Labute approximate surface area is 124 Å². The second-order valence-corrected chi connectivity index (χ2v) is 6.77. The Hall–Kier alpha value is -0.830. The van der Waals surface area contributed by atoms with Crippen LogP contribution in [-0.2, 0) is 9.53 Å². The molecule has 0 aromatic rings. The van der Waals surface area contributed by atoms with Crippen LogP contribution < -0.4 is 0 Å². The van der Waals surface area contributed by atoms with E-state index in [1.807, 2.05) is 27.7 Å². The van der Waals surface area contributed by atoms with Crippen LogP contribution in [0, 0.1) is 5.92 Å². The lowest BCUT2D eigenvalue weighted by Crippen LogP contribution is -2.40. The fraction of sp³-hybridized carbons (Fsp3) is 0.824. The van der Waals surface area contributed by atoms with Crippen molar-refractivity contribution < 1.29 is 9.53 Å². The van der Waals surface area contributed by atoms with E-state index in [-0.39, 0.29) is 12.0 Å². The Bertz CT molecular complexity index is 330. The maximum atomic E-state index is 12.4. The molecule has 0 aromatic carbocycles. The normalized spacial score (nSPS) is 24.4. The molecule has 1 fully saturated rings. The van der Waals surface area contributed by atoms with Crippen LogP contribution in [0.4, 0.5) is 0 Å². The second-order valence-electron chi connectivity index (χ2n) is 6.77. The van der Waals surface area contributed by atoms with Crippen LogP contribution in [0.15, 0.2) is 12.2 Å². The van der Waals surface area contributed by atoms with Gasteiger partial charge in [0.1, 0.15) is 11.6 Å². The van der Waals surface area contributed by atoms with Crippen molar-refractivity contribution in [1.82, 2.24) is 4.90 Å². The maximum Gasteiger partial charge on any atom is 0.323 e. The van der Waals surface area contributed by atoms with Crippen LogP contribution in [0.1, 0.15) is 60.3 Å². The summed E-state index contributed by atoms with van der Waals surface area (Å²) in [4.78, 5) is 14.7. The van der Waals surface area contributed by atoms with Gasteiger partial charge in [0.2, 0.25) is 0 Å². The van der Waals surface area contributed by atoms with E-state index in [1.54, 1.807) is 0 Å². The summed E-state index contributed by atoms with van der Waals surface area (Å²) in [6, 6.07) is -0.0627. The van der Waals surface area contributed by atoms with Crippen molar-refractivity contribution in [3.63, 3.8) is 0 Å². The molecule has 0 N–H and O–H groups in total. The molecule has 0 spiro atoms. The first-order chi connectivity index (χ1) is 9.37.